The van der Waals surface area contributed by atoms with Crippen LogP contribution in [0.4, 0.5) is 0 Å². The molecule has 0 spiro atoms. The zero-order valence-electron chi connectivity index (χ0n) is 11.9. The van der Waals surface area contributed by atoms with Crippen LogP contribution >= 0.6 is 0 Å². The molecular formula is C16H16N2O2S. The number of nitrogens with one attached hydrogen (secondary N) is 1. The van der Waals surface area contributed by atoms with Crippen molar-refractivity contribution in [3.63, 3.8) is 0 Å². The second-order valence-corrected chi connectivity index (χ2v) is 7.31. The Hall–Kier alpha value is -2.14. The molecule has 1 aromatic heterocycles. The maximum absolute atomic E-state index is 11.6. The average Bonchev–Trinajstić information content (AvgIpc) is 2.81. The third-order valence-corrected chi connectivity index (χ3v) is 4.53. The predicted octanol–water partition coefficient (Wildman–Crippen LogP) is 2.87. The lowest BCUT2D eigenvalue weighted by Crippen LogP contribution is -1.96. The molecule has 108 valence electrons. The van der Waals surface area contributed by atoms with Crippen molar-refractivity contribution in [2.45, 2.75) is 18.2 Å². The molecule has 0 radical (unpaired) electrons. The van der Waals surface area contributed by atoms with E-state index in [1.165, 1.54) is 17.4 Å². The summed E-state index contributed by atoms with van der Waals surface area (Å²) in [6.07, 6.45) is 1.90. The van der Waals surface area contributed by atoms with Gasteiger partial charge in [-0.3, -0.25) is 0 Å². The van der Waals surface area contributed by atoms with E-state index in [0.29, 0.717) is 11.3 Å². The van der Waals surface area contributed by atoms with Crippen LogP contribution in [-0.2, 0) is 16.3 Å². The van der Waals surface area contributed by atoms with Crippen LogP contribution < -0.4 is 0 Å². The predicted molar refractivity (Wildman–Crippen MR) is 83.2 cm³/mol. The first-order chi connectivity index (χ1) is 9.91. The van der Waals surface area contributed by atoms with E-state index in [2.05, 4.69) is 41.2 Å². The largest absolute Gasteiger partial charge is 0.342 e. The van der Waals surface area contributed by atoms with E-state index in [1.54, 1.807) is 18.2 Å². The lowest BCUT2D eigenvalue weighted by atomic mass is 10.1. The van der Waals surface area contributed by atoms with Gasteiger partial charge in [0.2, 0.25) is 0 Å². The molecule has 0 amide bonds. The van der Waals surface area contributed by atoms with Crippen molar-refractivity contribution in [1.29, 1.82) is 0 Å². The molecule has 0 aliphatic heterocycles. The Kier molecular flexibility index (Phi) is 3.29. The van der Waals surface area contributed by atoms with Gasteiger partial charge in [-0.25, -0.2) is 13.4 Å². The summed E-state index contributed by atoms with van der Waals surface area (Å²) in [4.78, 5) is 8.00. The Balaban J connectivity index is 1.95. The van der Waals surface area contributed by atoms with Crippen molar-refractivity contribution in [2.24, 2.45) is 0 Å². The molecule has 3 aromatic rings. The second-order valence-electron chi connectivity index (χ2n) is 5.30. The quantitative estimate of drug-likeness (QED) is 0.809. The smallest absolute Gasteiger partial charge is 0.175 e. The van der Waals surface area contributed by atoms with Crippen LogP contribution in [0.15, 0.2) is 47.4 Å². The number of aromatic nitrogens is 2. The minimum Gasteiger partial charge on any atom is -0.342 e. The van der Waals surface area contributed by atoms with E-state index in [4.69, 9.17) is 0 Å². The number of H-pyrrole nitrogens is 1. The monoisotopic (exact) mass is 300 g/mol. The summed E-state index contributed by atoms with van der Waals surface area (Å²) in [5.74, 6) is 0.833. The Morgan fingerprint density at radius 1 is 1.10 bits per heavy atom. The van der Waals surface area contributed by atoms with Gasteiger partial charge in [-0.2, -0.15) is 0 Å². The summed E-state index contributed by atoms with van der Waals surface area (Å²) < 4.78 is 23.1. The highest BCUT2D eigenvalue weighted by Gasteiger charge is 2.10. The number of nitrogens with zero attached hydrogens (tertiary/aromatic N) is 1. The van der Waals surface area contributed by atoms with Crippen molar-refractivity contribution >= 4 is 20.9 Å². The maximum atomic E-state index is 11.6. The highest BCUT2D eigenvalue weighted by Crippen LogP contribution is 2.18. The first-order valence-corrected chi connectivity index (χ1v) is 8.55. The van der Waals surface area contributed by atoms with Crippen LogP contribution in [0.5, 0.6) is 0 Å². The Bertz CT molecular complexity index is 894. The van der Waals surface area contributed by atoms with Gasteiger partial charge < -0.3 is 4.98 Å². The fourth-order valence-corrected chi connectivity index (χ4v) is 2.90. The first kappa shape index (κ1) is 13.8. The number of hydrogen-bond donors (Lipinski definition) is 1. The van der Waals surface area contributed by atoms with Gasteiger partial charge in [-0.1, -0.05) is 29.8 Å². The van der Waals surface area contributed by atoms with E-state index in [-0.39, 0.29) is 0 Å². The molecule has 5 heteroatoms. The lowest BCUT2D eigenvalue weighted by molar-refractivity contribution is 0.602. The fourth-order valence-electron chi connectivity index (χ4n) is 2.26. The molecule has 0 atom stereocenters. The van der Waals surface area contributed by atoms with Crippen LogP contribution in [-0.4, -0.2) is 24.6 Å². The summed E-state index contributed by atoms with van der Waals surface area (Å²) in [7, 11) is -3.20. The number of benzene rings is 2. The van der Waals surface area contributed by atoms with Crippen molar-refractivity contribution in [3.05, 3.63) is 59.4 Å². The van der Waals surface area contributed by atoms with E-state index in [0.717, 1.165) is 16.9 Å². The fraction of sp³-hybridized carbons (Fsp3) is 0.188. The summed E-state index contributed by atoms with van der Waals surface area (Å²) in [6, 6.07) is 13.2. The summed E-state index contributed by atoms with van der Waals surface area (Å²) in [6.45, 7) is 2.05. The van der Waals surface area contributed by atoms with Gasteiger partial charge in [0, 0.05) is 12.7 Å². The maximum Gasteiger partial charge on any atom is 0.175 e. The summed E-state index contributed by atoms with van der Waals surface area (Å²) >= 11 is 0. The van der Waals surface area contributed by atoms with Gasteiger partial charge in [0.25, 0.3) is 0 Å². The molecular weight excluding hydrogens is 284 g/mol. The molecule has 0 fully saturated rings. The molecule has 0 saturated carbocycles. The molecule has 0 bridgehead atoms. The minimum atomic E-state index is -3.20. The zero-order valence-corrected chi connectivity index (χ0v) is 12.7. The topological polar surface area (TPSA) is 62.8 Å². The van der Waals surface area contributed by atoms with Crippen molar-refractivity contribution in [3.8, 4) is 0 Å². The van der Waals surface area contributed by atoms with Crippen LogP contribution in [0.25, 0.3) is 11.0 Å². The molecule has 1 N–H and O–H groups in total. The minimum absolute atomic E-state index is 0.306. The SMILES string of the molecule is Cc1ccc(Cc2nc3ccc(S(C)(=O)=O)cc3[nH]2)cc1. The van der Waals surface area contributed by atoms with Crippen molar-refractivity contribution < 1.29 is 8.42 Å². The molecule has 1 heterocycles. The third-order valence-electron chi connectivity index (χ3n) is 3.42. The Labute approximate surface area is 123 Å². The first-order valence-electron chi connectivity index (χ1n) is 6.66. The van der Waals surface area contributed by atoms with E-state index in [1.807, 2.05) is 0 Å². The third kappa shape index (κ3) is 2.97. The lowest BCUT2D eigenvalue weighted by Gasteiger charge is -1.98. The van der Waals surface area contributed by atoms with Gasteiger partial charge in [-0.05, 0) is 30.7 Å². The molecule has 0 aliphatic rings. The molecule has 21 heavy (non-hydrogen) atoms. The van der Waals surface area contributed by atoms with Crippen LogP contribution in [0.1, 0.15) is 17.0 Å². The number of sulfone groups is 1. The van der Waals surface area contributed by atoms with E-state index in [9.17, 15) is 8.42 Å². The normalized spacial score (nSPS) is 11.9. The molecule has 0 aliphatic carbocycles. The number of hydrogen-bond acceptors (Lipinski definition) is 3. The second kappa shape index (κ2) is 5.00. The van der Waals surface area contributed by atoms with Crippen molar-refractivity contribution in [1.82, 2.24) is 9.97 Å². The van der Waals surface area contributed by atoms with Gasteiger partial charge in [0.1, 0.15) is 5.82 Å². The average molecular weight is 300 g/mol. The molecule has 4 nitrogen and oxygen atoms in total. The number of aromatic amines is 1. The number of fused-ring (bicyclic) bond motifs is 1. The van der Waals surface area contributed by atoms with Gasteiger partial charge in [-0.15, -0.1) is 0 Å². The van der Waals surface area contributed by atoms with E-state index >= 15 is 0 Å². The van der Waals surface area contributed by atoms with Crippen LogP contribution in [0.2, 0.25) is 0 Å². The standard InChI is InChI=1S/C16H16N2O2S/c1-11-3-5-12(6-4-11)9-16-17-14-8-7-13(21(2,19)20)10-15(14)18-16/h3-8,10H,9H2,1-2H3,(H,17,18). The summed E-state index contributed by atoms with van der Waals surface area (Å²) in [5.41, 5.74) is 3.92. The zero-order chi connectivity index (χ0) is 15.0. The van der Waals surface area contributed by atoms with Gasteiger partial charge >= 0.3 is 0 Å². The number of aryl methyl sites for hydroxylation is 1. The van der Waals surface area contributed by atoms with Crippen LogP contribution in [0, 0.1) is 6.92 Å². The van der Waals surface area contributed by atoms with Gasteiger partial charge in [0.15, 0.2) is 9.84 Å². The van der Waals surface area contributed by atoms with Gasteiger partial charge in [0.05, 0.1) is 15.9 Å². The Morgan fingerprint density at radius 3 is 2.48 bits per heavy atom. The van der Waals surface area contributed by atoms with E-state index < -0.39 is 9.84 Å². The van der Waals surface area contributed by atoms with Crippen molar-refractivity contribution in [2.75, 3.05) is 6.26 Å². The summed E-state index contributed by atoms with van der Waals surface area (Å²) in [5, 5.41) is 0. The number of imidazole rings is 1. The number of rotatable bonds is 3. The Morgan fingerprint density at radius 2 is 1.81 bits per heavy atom. The highest BCUT2D eigenvalue weighted by molar-refractivity contribution is 7.90. The molecule has 3 rings (SSSR count). The molecule has 0 saturated heterocycles. The highest BCUT2D eigenvalue weighted by atomic mass is 32.2. The molecule has 2 aromatic carbocycles. The van der Waals surface area contributed by atoms with Crippen LogP contribution in [0.3, 0.4) is 0 Å². The molecule has 0 unspecified atom stereocenters.